The third kappa shape index (κ3) is 5.07. The molecule has 0 spiro atoms. The zero-order valence-electron chi connectivity index (χ0n) is 15.3. The Balaban J connectivity index is 1.51. The van der Waals surface area contributed by atoms with Crippen molar-refractivity contribution in [3.8, 4) is 5.75 Å². The van der Waals surface area contributed by atoms with E-state index in [9.17, 15) is 14.7 Å². The molecule has 1 unspecified atom stereocenters. The largest absolute Gasteiger partial charge is 0.508 e. The summed E-state index contributed by atoms with van der Waals surface area (Å²) in [5.74, 6) is -0.0278. The second-order valence-electron chi connectivity index (χ2n) is 6.60. The Morgan fingerprint density at radius 3 is 2.81 bits per heavy atom. The number of amides is 2. The monoisotopic (exact) mass is 372 g/mol. The number of carbonyl (C=O) groups excluding carboxylic acids is 2. The Bertz CT molecular complexity index is 787. The number of hydrogen-bond acceptors (Lipinski definition) is 5. The SMILES string of the molecule is Cn1cc(C(=O)N2CCOCC2CC(=O)NCCc2ccc(O)cc2)cn1. The number of ether oxygens (including phenoxy) is 1. The number of carbonyl (C=O) groups is 2. The number of phenols is 1. The fourth-order valence-corrected chi connectivity index (χ4v) is 3.08. The van der Waals surface area contributed by atoms with Crippen LogP contribution >= 0.6 is 0 Å². The van der Waals surface area contributed by atoms with Crippen molar-refractivity contribution in [3.05, 3.63) is 47.8 Å². The molecule has 2 aromatic rings. The number of benzene rings is 1. The van der Waals surface area contributed by atoms with E-state index in [0.717, 1.165) is 5.56 Å². The van der Waals surface area contributed by atoms with E-state index < -0.39 is 0 Å². The molecule has 1 aliphatic heterocycles. The lowest BCUT2D eigenvalue weighted by molar-refractivity contribution is -0.123. The summed E-state index contributed by atoms with van der Waals surface area (Å²) < 4.78 is 7.05. The Kier molecular flexibility index (Phi) is 6.08. The zero-order valence-corrected chi connectivity index (χ0v) is 15.3. The van der Waals surface area contributed by atoms with Crippen LogP contribution in [0.5, 0.6) is 5.75 Å². The van der Waals surface area contributed by atoms with Gasteiger partial charge in [-0.2, -0.15) is 5.10 Å². The number of nitrogens with one attached hydrogen (secondary N) is 1. The number of morpholine rings is 1. The van der Waals surface area contributed by atoms with Crippen molar-refractivity contribution in [1.82, 2.24) is 20.0 Å². The maximum atomic E-state index is 12.7. The van der Waals surface area contributed by atoms with Crippen molar-refractivity contribution in [3.63, 3.8) is 0 Å². The number of aromatic hydroxyl groups is 1. The van der Waals surface area contributed by atoms with Crippen LogP contribution in [0.2, 0.25) is 0 Å². The van der Waals surface area contributed by atoms with Crippen LogP contribution in [0.3, 0.4) is 0 Å². The average molecular weight is 372 g/mol. The Labute approximate surface area is 157 Å². The van der Waals surface area contributed by atoms with Gasteiger partial charge in [0.1, 0.15) is 5.75 Å². The van der Waals surface area contributed by atoms with Gasteiger partial charge in [-0.3, -0.25) is 14.3 Å². The van der Waals surface area contributed by atoms with E-state index in [1.807, 2.05) is 12.1 Å². The molecule has 1 aromatic heterocycles. The van der Waals surface area contributed by atoms with Gasteiger partial charge < -0.3 is 20.1 Å². The number of phenolic OH excluding ortho intramolecular Hbond substituents is 1. The highest BCUT2D eigenvalue weighted by Gasteiger charge is 2.30. The van der Waals surface area contributed by atoms with Crippen LogP contribution in [-0.4, -0.2) is 63.9 Å². The van der Waals surface area contributed by atoms with Crippen molar-refractivity contribution in [1.29, 1.82) is 0 Å². The number of rotatable bonds is 6. The summed E-state index contributed by atoms with van der Waals surface area (Å²) in [6.45, 7) is 1.76. The minimum Gasteiger partial charge on any atom is -0.508 e. The molecule has 8 heteroatoms. The molecule has 27 heavy (non-hydrogen) atoms. The van der Waals surface area contributed by atoms with Crippen molar-refractivity contribution < 1.29 is 19.4 Å². The van der Waals surface area contributed by atoms with Crippen molar-refractivity contribution in [2.24, 2.45) is 7.05 Å². The first-order valence-electron chi connectivity index (χ1n) is 8.95. The lowest BCUT2D eigenvalue weighted by Gasteiger charge is -2.35. The second kappa shape index (κ2) is 8.68. The van der Waals surface area contributed by atoms with Gasteiger partial charge in [0.25, 0.3) is 5.91 Å². The lowest BCUT2D eigenvalue weighted by Crippen LogP contribution is -2.50. The summed E-state index contributed by atoms with van der Waals surface area (Å²) in [6.07, 6.45) is 4.08. The quantitative estimate of drug-likeness (QED) is 0.779. The van der Waals surface area contributed by atoms with Crippen LogP contribution in [0.25, 0.3) is 0 Å². The zero-order chi connectivity index (χ0) is 19.2. The van der Waals surface area contributed by atoms with Crippen LogP contribution < -0.4 is 5.32 Å². The van der Waals surface area contributed by atoms with Crippen molar-refractivity contribution >= 4 is 11.8 Å². The Morgan fingerprint density at radius 2 is 2.11 bits per heavy atom. The van der Waals surface area contributed by atoms with Gasteiger partial charge in [0.2, 0.25) is 5.91 Å². The number of aryl methyl sites for hydroxylation is 1. The molecule has 144 valence electrons. The average Bonchev–Trinajstić information content (AvgIpc) is 3.10. The van der Waals surface area contributed by atoms with Crippen LogP contribution in [-0.2, 0) is 23.0 Å². The molecule has 0 saturated carbocycles. The van der Waals surface area contributed by atoms with Gasteiger partial charge in [-0.25, -0.2) is 0 Å². The molecular formula is C19H24N4O4. The lowest BCUT2D eigenvalue weighted by atomic mass is 10.1. The first kappa shape index (κ1) is 18.9. The Hall–Kier alpha value is -2.87. The van der Waals surface area contributed by atoms with Gasteiger partial charge in [-0.1, -0.05) is 12.1 Å². The molecule has 2 heterocycles. The van der Waals surface area contributed by atoms with Crippen LogP contribution in [0.15, 0.2) is 36.7 Å². The van der Waals surface area contributed by atoms with Crippen molar-refractivity contribution in [2.45, 2.75) is 18.9 Å². The van der Waals surface area contributed by atoms with Crippen LogP contribution in [0.4, 0.5) is 0 Å². The molecular weight excluding hydrogens is 348 g/mol. The van der Waals surface area contributed by atoms with Gasteiger partial charge >= 0.3 is 0 Å². The Morgan fingerprint density at radius 1 is 1.33 bits per heavy atom. The summed E-state index contributed by atoms with van der Waals surface area (Å²) >= 11 is 0. The highest BCUT2D eigenvalue weighted by molar-refractivity contribution is 5.94. The van der Waals surface area contributed by atoms with Crippen LogP contribution in [0, 0.1) is 0 Å². The third-order valence-corrected chi connectivity index (χ3v) is 4.53. The van der Waals surface area contributed by atoms with E-state index in [0.29, 0.717) is 38.3 Å². The summed E-state index contributed by atoms with van der Waals surface area (Å²) in [5, 5.41) is 16.2. The highest BCUT2D eigenvalue weighted by Crippen LogP contribution is 2.15. The topological polar surface area (TPSA) is 96.7 Å². The molecule has 0 bridgehead atoms. The predicted octanol–water partition coefficient (Wildman–Crippen LogP) is 0.716. The third-order valence-electron chi connectivity index (χ3n) is 4.53. The molecule has 0 aliphatic carbocycles. The second-order valence-corrected chi connectivity index (χ2v) is 6.60. The predicted molar refractivity (Wildman–Crippen MR) is 98.3 cm³/mol. The smallest absolute Gasteiger partial charge is 0.257 e. The first-order chi connectivity index (χ1) is 13.0. The fourth-order valence-electron chi connectivity index (χ4n) is 3.08. The van der Waals surface area contributed by atoms with E-state index in [4.69, 9.17) is 4.74 Å². The first-order valence-corrected chi connectivity index (χ1v) is 8.95. The van der Waals surface area contributed by atoms with E-state index in [1.165, 1.54) is 6.20 Å². The number of hydrogen-bond donors (Lipinski definition) is 2. The van der Waals surface area contributed by atoms with E-state index in [-0.39, 0.29) is 30.0 Å². The molecule has 3 rings (SSSR count). The maximum Gasteiger partial charge on any atom is 0.257 e. The normalized spacial score (nSPS) is 16.9. The molecule has 1 aliphatic rings. The fraction of sp³-hybridized carbons (Fsp3) is 0.421. The van der Waals surface area contributed by atoms with Gasteiger partial charge in [0.15, 0.2) is 0 Å². The molecule has 2 N–H and O–H groups in total. The van der Waals surface area contributed by atoms with Crippen LogP contribution in [0.1, 0.15) is 22.3 Å². The van der Waals surface area contributed by atoms with E-state index in [2.05, 4.69) is 10.4 Å². The number of nitrogens with zero attached hydrogens (tertiary/aromatic N) is 3. The molecule has 1 atom stereocenters. The molecule has 1 saturated heterocycles. The summed E-state index contributed by atoms with van der Waals surface area (Å²) in [6, 6.07) is 6.60. The van der Waals surface area contributed by atoms with E-state index >= 15 is 0 Å². The van der Waals surface area contributed by atoms with E-state index in [1.54, 1.807) is 35.0 Å². The summed E-state index contributed by atoms with van der Waals surface area (Å²) in [5.41, 5.74) is 1.54. The molecule has 8 nitrogen and oxygen atoms in total. The number of aromatic nitrogens is 2. The molecule has 1 fully saturated rings. The standard InChI is InChI=1S/C19H24N4O4/c1-22-12-15(11-21-22)19(26)23-8-9-27-13-16(23)10-18(25)20-7-6-14-2-4-17(24)5-3-14/h2-5,11-12,16,24H,6-10,13H2,1H3,(H,20,25). The maximum absolute atomic E-state index is 12.7. The van der Waals surface area contributed by atoms with Gasteiger partial charge in [0, 0.05) is 32.8 Å². The minimum atomic E-state index is -0.292. The van der Waals surface area contributed by atoms with Crippen molar-refractivity contribution in [2.75, 3.05) is 26.3 Å². The minimum absolute atomic E-state index is 0.117. The van der Waals surface area contributed by atoms with Gasteiger partial charge in [-0.05, 0) is 24.1 Å². The summed E-state index contributed by atoms with van der Waals surface area (Å²) in [7, 11) is 1.76. The molecule has 1 aromatic carbocycles. The van der Waals surface area contributed by atoms with Gasteiger partial charge in [0.05, 0.1) is 31.0 Å². The van der Waals surface area contributed by atoms with Gasteiger partial charge in [-0.15, -0.1) is 0 Å². The molecule has 0 radical (unpaired) electrons. The highest BCUT2D eigenvalue weighted by atomic mass is 16.5. The summed E-state index contributed by atoms with van der Waals surface area (Å²) in [4.78, 5) is 26.7. The molecule has 2 amide bonds.